The monoisotopic (exact) mass is 216 g/mol. The summed E-state index contributed by atoms with van der Waals surface area (Å²) in [6.45, 7) is 1.86. The predicted octanol–water partition coefficient (Wildman–Crippen LogP) is 1.55. The molecule has 80 valence electrons. The second kappa shape index (κ2) is 3.73. The topological polar surface area (TPSA) is 60.4 Å². The summed E-state index contributed by atoms with van der Waals surface area (Å²) in [5.74, 6) is -0.166. The Morgan fingerprint density at radius 1 is 1.19 bits per heavy atom. The average Bonchev–Trinajstić information content (AvgIpc) is 2.26. The summed E-state index contributed by atoms with van der Waals surface area (Å²) in [6, 6.07) is 4.37. The summed E-state index contributed by atoms with van der Waals surface area (Å²) >= 11 is 0. The minimum atomic E-state index is -0.217. The van der Waals surface area contributed by atoms with Gasteiger partial charge in [0.15, 0.2) is 11.6 Å². The normalized spacial score (nSPS) is 14.2. The molecule has 0 spiro atoms. The zero-order valence-electron chi connectivity index (χ0n) is 8.52. The quantitative estimate of drug-likeness (QED) is 0.703. The van der Waals surface area contributed by atoms with Gasteiger partial charge in [0.2, 0.25) is 0 Å². The van der Waals surface area contributed by atoms with Gasteiger partial charge in [0.25, 0.3) is 6.47 Å². The van der Waals surface area contributed by atoms with Crippen molar-refractivity contribution in [2.75, 3.05) is 0 Å². The van der Waals surface area contributed by atoms with E-state index >= 15 is 0 Å². The molecule has 4 nitrogen and oxygen atoms in total. The van der Waals surface area contributed by atoms with Crippen LogP contribution in [0.3, 0.4) is 0 Å². The molecule has 4 heteroatoms. The van der Waals surface area contributed by atoms with E-state index in [9.17, 15) is 14.4 Å². The Morgan fingerprint density at radius 3 is 2.62 bits per heavy atom. The summed E-state index contributed by atoms with van der Waals surface area (Å²) < 4.78 is 4.63. The van der Waals surface area contributed by atoms with Crippen LogP contribution in [0.4, 0.5) is 0 Å². The van der Waals surface area contributed by atoms with Gasteiger partial charge in [0, 0.05) is 16.7 Å². The van der Waals surface area contributed by atoms with Gasteiger partial charge < -0.3 is 4.74 Å². The molecule has 0 bridgehead atoms. The number of hydrogen-bond acceptors (Lipinski definition) is 4. The molecule has 0 aromatic heterocycles. The van der Waals surface area contributed by atoms with Crippen molar-refractivity contribution in [3.63, 3.8) is 0 Å². The number of benzene rings is 1. The van der Waals surface area contributed by atoms with Gasteiger partial charge in [0.1, 0.15) is 5.75 Å². The molecule has 1 aliphatic carbocycles. The first-order chi connectivity index (χ1) is 7.63. The van der Waals surface area contributed by atoms with E-state index in [1.807, 2.05) is 0 Å². The number of allylic oxidation sites excluding steroid dienone is 2. The molecule has 0 saturated heterocycles. The Hall–Kier alpha value is -2.23. The number of ether oxygens (including phenoxy) is 1. The number of Topliss-reactive ketones (excluding diaryl/α,β-unsaturated/α-hetero) is 1. The lowest BCUT2D eigenvalue weighted by molar-refractivity contribution is -0.120. The van der Waals surface area contributed by atoms with E-state index in [2.05, 4.69) is 4.74 Å². The van der Waals surface area contributed by atoms with Crippen LogP contribution in [0.2, 0.25) is 0 Å². The van der Waals surface area contributed by atoms with E-state index in [4.69, 9.17) is 0 Å². The van der Waals surface area contributed by atoms with Crippen LogP contribution in [0, 0.1) is 0 Å². The first-order valence-electron chi connectivity index (χ1n) is 4.65. The fraction of sp³-hybridized carbons (Fsp3) is 0.0833. The molecular weight excluding hydrogens is 208 g/mol. The zero-order valence-corrected chi connectivity index (χ0v) is 8.52. The van der Waals surface area contributed by atoms with Gasteiger partial charge >= 0.3 is 0 Å². The molecule has 1 aliphatic rings. The Morgan fingerprint density at radius 2 is 1.94 bits per heavy atom. The lowest BCUT2D eigenvalue weighted by atomic mass is 9.90. The number of fused-ring (bicyclic) bond motifs is 1. The van der Waals surface area contributed by atoms with Crippen molar-refractivity contribution in [1.82, 2.24) is 0 Å². The maximum atomic E-state index is 11.8. The summed E-state index contributed by atoms with van der Waals surface area (Å²) in [6.07, 6.45) is 1.31. The molecule has 0 unspecified atom stereocenters. The van der Waals surface area contributed by atoms with Crippen LogP contribution in [0.15, 0.2) is 29.8 Å². The molecule has 0 radical (unpaired) electrons. The van der Waals surface area contributed by atoms with Gasteiger partial charge in [-0.15, -0.1) is 0 Å². The highest BCUT2D eigenvalue weighted by Crippen LogP contribution is 2.25. The van der Waals surface area contributed by atoms with Crippen LogP contribution in [-0.2, 0) is 4.79 Å². The van der Waals surface area contributed by atoms with Crippen molar-refractivity contribution >= 4 is 18.0 Å². The highest BCUT2D eigenvalue weighted by Gasteiger charge is 2.23. The van der Waals surface area contributed by atoms with Crippen LogP contribution in [0.1, 0.15) is 27.6 Å². The van der Waals surface area contributed by atoms with E-state index in [1.54, 1.807) is 6.92 Å². The lowest BCUT2D eigenvalue weighted by Crippen LogP contribution is -2.15. The molecule has 0 fully saturated rings. The molecule has 0 heterocycles. The molecule has 0 aliphatic heterocycles. The molecule has 0 atom stereocenters. The first-order valence-corrected chi connectivity index (χ1v) is 4.65. The van der Waals surface area contributed by atoms with Gasteiger partial charge in [0.05, 0.1) is 0 Å². The van der Waals surface area contributed by atoms with E-state index in [1.165, 1.54) is 24.3 Å². The third kappa shape index (κ3) is 1.54. The lowest BCUT2D eigenvalue weighted by Gasteiger charge is -2.12. The van der Waals surface area contributed by atoms with Gasteiger partial charge in [-0.1, -0.05) is 0 Å². The minimum Gasteiger partial charge on any atom is -0.429 e. The molecule has 2 rings (SSSR count). The summed E-state index contributed by atoms with van der Waals surface area (Å²) in [5.41, 5.74) is 1.01. The first kappa shape index (κ1) is 10.3. The third-order valence-corrected chi connectivity index (χ3v) is 2.39. The average molecular weight is 216 g/mol. The number of rotatable bonds is 2. The standard InChI is InChI=1S/C12H8O4/c1-7-4-11(14)9-3-2-8(16-6-13)5-10(9)12(7)15/h2-6H,1H3. The molecule has 0 N–H and O–H groups in total. The number of hydrogen-bond donors (Lipinski definition) is 0. The summed E-state index contributed by atoms with van der Waals surface area (Å²) in [4.78, 5) is 33.5. The molecule has 0 amide bonds. The molecule has 1 aromatic rings. The van der Waals surface area contributed by atoms with Gasteiger partial charge in [-0.2, -0.15) is 0 Å². The second-order valence-corrected chi connectivity index (χ2v) is 3.44. The number of carbonyl (C=O) groups excluding carboxylic acids is 3. The SMILES string of the molecule is CC1=CC(=O)c2ccc(OC=O)cc2C1=O. The maximum absolute atomic E-state index is 11.8. The highest BCUT2D eigenvalue weighted by molar-refractivity contribution is 6.24. The fourth-order valence-electron chi connectivity index (χ4n) is 1.61. The Labute approximate surface area is 91.5 Å². The van der Waals surface area contributed by atoms with Crippen LogP contribution in [-0.4, -0.2) is 18.0 Å². The van der Waals surface area contributed by atoms with Gasteiger partial charge in [-0.05, 0) is 31.2 Å². The second-order valence-electron chi connectivity index (χ2n) is 3.44. The highest BCUT2D eigenvalue weighted by atomic mass is 16.5. The number of carbonyl (C=O) groups is 3. The zero-order chi connectivity index (χ0) is 11.7. The number of ketones is 2. The predicted molar refractivity (Wildman–Crippen MR) is 55.6 cm³/mol. The summed E-state index contributed by atoms with van der Waals surface area (Å²) in [5, 5.41) is 0. The fourth-order valence-corrected chi connectivity index (χ4v) is 1.61. The third-order valence-electron chi connectivity index (χ3n) is 2.39. The van der Waals surface area contributed by atoms with Crippen LogP contribution >= 0.6 is 0 Å². The Bertz CT molecular complexity index is 526. The van der Waals surface area contributed by atoms with E-state index in [-0.39, 0.29) is 29.4 Å². The van der Waals surface area contributed by atoms with Crippen molar-refractivity contribution in [3.8, 4) is 5.75 Å². The molecular formula is C12H8O4. The van der Waals surface area contributed by atoms with Crippen LogP contribution < -0.4 is 4.74 Å². The molecule has 0 saturated carbocycles. The van der Waals surface area contributed by atoms with E-state index in [0.29, 0.717) is 11.1 Å². The van der Waals surface area contributed by atoms with Crippen molar-refractivity contribution in [1.29, 1.82) is 0 Å². The van der Waals surface area contributed by atoms with E-state index in [0.717, 1.165) is 0 Å². The van der Waals surface area contributed by atoms with Crippen LogP contribution in [0.25, 0.3) is 0 Å². The summed E-state index contributed by atoms with van der Waals surface area (Å²) in [7, 11) is 0. The Balaban J connectivity index is 2.56. The molecule has 1 aromatic carbocycles. The Kier molecular flexibility index (Phi) is 2.40. The van der Waals surface area contributed by atoms with Crippen molar-refractivity contribution in [3.05, 3.63) is 41.0 Å². The van der Waals surface area contributed by atoms with Crippen LogP contribution in [0.5, 0.6) is 5.75 Å². The minimum absolute atomic E-state index is 0.204. The van der Waals surface area contributed by atoms with Gasteiger partial charge in [-0.3, -0.25) is 14.4 Å². The maximum Gasteiger partial charge on any atom is 0.298 e. The smallest absolute Gasteiger partial charge is 0.298 e. The van der Waals surface area contributed by atoms with Crippen molar-refractivity contribution in [2.45, 2.75) is 6.92 Å². The molecule has 16 heavy (non-hydrogen) atoms. The van der Waals surface area contributed by atoms with Gasteiger partial charge in [-0.25, -0.2) is 0 Å². The largest absolute Gasteiger partial charge is 0.429 e. The van der Waals surface area contributed by atoms with Crippen molar-refractivity contribution < 1.29 is 19.1 Å². The van der Waals surface area contributed by atoms with Crippen molar-refractivity contribution in [2.24, 2.45) is 0 Å². The van der Waals surface area contributed by atoms with E-state index < -0.39 is 0 Å².